The summed E-state index contributed by atoms with van der Waals surface area (Å²) in [5.41, 5.74) is 0.202. The van der Waals surface area contributed by atoms with Gasteiger partial charge in [0.1, 0.15) is 5.82 Å². The zero-order valence-corrected chi connectivity index (χ0v) is 15.1. The number of amides is 1. The van der Waals surface area contributed by atoms with Gasteiger partial charge in [0.05, 0.1) is 33.0 Å². The van der Waals surface area contributed by atoms with Gasteiger partial charge < -0.3 is 9.88 Å². The van der Waals surface area contributed by atoms with Gasteiger partial charge >= 0.3 is 0 Å². The van der Waals surface area contributed by atoms with E-state index in [1.807, 2.05) is 0 Å². The molecule has 2 aromatic carbocycles. The van der Waals surface area contributed by atoms with Gasteiger partial charge in [0.2, 0.25) is 0 Å². The Morgan fingerprint density at radius 1 is 1.30 bits per heavy atom. The number of hydrogen-bond donors (Lipinski definition) is 1. The number of halogens is 1. The van der Waals surface area contributed by atoms with Crippen molar-refractivity contribution in [1.82, 2.24) is 14.9 Å². The van der Waals surface area contributed by atoms with Gasteiger partial charge in [-0.3, -0.25) is 19.7 Å². The van der Waals surface area contributed by atoms with Crippen molar-refractivity contribution in [2.75, 3.05) is 6.54 Å². The van der Waals surface area contributed by atoms with Crippen LogP contribution in [0.2, 0.25) is 5.02 Å². The van der Waals surface area contributed by atoms with E-state index in [2.05, 4.69) is 9.97 Å². The van der Waals surface area contributed by atoms with Crippen molar-refractivity contribution >= 4 is 34.1 Å². The highest BCUT2D eigenvalue weighted by molar-refractivity contribution is 6.34. The van der Waals surface area contributed by atoms with Gasteiger partial charge in [-0.25, -0.2) is 4.98 Å². The molecule has 27 heavy (non-hydrogen) atoms. The summed E-state index contributed by atoms with van der Waals surface area (Å²) in [7, 11) is 0. The van der Waals surface area contributed by atoms with Crippen molar-refractivity contribution < 1.29 is 9.72 Å². The highest BCUT2D eigenvalue weighted by Crippen LogP contribution is 2.24. The first kappa shape index (κ1) is 18.5. The second kappa shape index (κ2) is 7.55. The highest BCUT2D eigenvalue weighted by atomic mass is 35.5. The van der Waals surface area contributed by atoms with Crippen LogP contribution in [0.15, 0.2) is 47.3 Å². The lowest BCUT2D eigenvalue weighted by Crippen LogP contribution is -2.32. The Kier molecular flexibility index (Phi) is 5.18. The minimum atomic E-state index is -0.582. The maximum atomic E-state index is 12.8. The van der Waals surface area contributed by atoms with E-state index in [-0.39, 0.29) is 28.4 Å². The quantitative estimate of drug-likeness (QED) is 0.535. The first-order valence-corrected chi connectivity index (χ1v) is 8.49. The van der Waals surface area contributed by atoms with E-state index in [4.69, 9.17) is 11.6 Å². The second-order valence-corrected chi connectivity index (χ2v) is 6.18. The van der Waals surface area contributed by atoms with Crippen LogP contribution in [0.4, 0.5) is 5.69 Å². The number of H-pyrrole nitrogens is 1. The van der Waals surface area contributed by atoms with Crippen LogP contribution >= 0.6 is 11.6 Å². The number of benzene rings is 2. The molecule has 0 bridgehead atoms. The molecule has 0 atom stereocenters. The summed E-state index contributed by atoms with van der Waals surface area (Å²) < 4.78 is 0. The van der Waals surface area contributed by atoms with Crippen LogP contribution in [-0.2, 0) is 6.54 Å². The van der Waals surface area contributed by atoms with Crippen molar-refractivity contribution in [1.29, 1.82) is 0 Å². The molecule has 0 aliphatic rings. The number of carbonyl (C=O) groups is 1. The van der Waals surface area contributed by atoms with E-state index in [1.165, 1.54) is 17.0 Å². The van der Waals surface area contributed by atoms with E-state index < -0.39 is 10.8 Å². The third-order valence-corrected chi connectivity index (χ3v) is 4.38. The molecule has 0 saturated heterocycles. The van der Waals surface area contributed by atoms with Crippen LogP contribution in [0.3, 0.4) is 0 Å². The smallest absolute Gasteiger partial charge is 0.270 e. The zero-order chi connectivity index (χ0) is 19.6. The first-order chi connectivity index (χ1) is 12.9. The third kappa shape index (κ3) is 3.80. The summed E-state index contributed by atoms with van der Waals surface area (Å²) in [6.45, 7) is 2.18. The minimum Gasteiger partial charge on any atom is -0.331 e. The fraction of sp³-hybridized carbons (Fsp3) is 0.167. The minimum absolute atomic E-state index is 0.00684. The van der Waals surface area contributed by atoms with Crippen LogP contribution in [0.25, 0.3) is 10.9 Å². The summed E-state index contributed by atoms with van der Waals surface area (Å²) in [6.07, 6.45) is 0. The van der Waals surface area contributed by atoms with Crippen molar-refractivity contribution in [3.8, 4) is 0 Å². The summed E-state index contributed by atoms with van der Waals surface area (Å²) in [5.74, 6) is -0.0693. The predicted molar refractivity (Wildman–Crippen MR) is 101 cm³/mol. The Morgan fingerprint density at radius 3 is 2.70 bits per heavy atom. The molecule has 1 heterocycles. The molecular weight excluding hydrogens is 372 g/mol. The molecule has 0 unspecified atom stereocenters. The predicted octanol–water partition coefficient (Wildman–Crippen LogP) is 3.15. The van der Waals surface area contributed by atoms with Gasteiger partial charge in [0.15, 0.2) is 0 Å². The fourth-order valence-electron chi connectivity index (χ4n) is 2.68. The van der Waals surface area contributed by atoms with Crippen LogP contribution in [0.5, 0.6) is 0 Å². The average Bonchev–Trinajstić information content (AvgIpc) is 2.65. The number of carbonyl (C=O) groups excluding carboxylic acids is 1. The number of fused-ring (bicyclic) bond motifs is 1. The number of aromatic amines is 1. The zero-order valence-electron chi connectivity index (χ0n) is 14.3. The molecule has 8 nitrogen and oxygen atoms in total. The van der Waals surface area contributed by atoms with Gasteiger partial charge in [0.25, 0.3) is 17.2 Å². The van der Waals surface area contributed by atoms with Crippen molar-refractivity contribution in [2.45, 2.75) is 13.5 Å². The molecule has 1 N–H and O–H groups in total. The number of nitro groups is 1. The van der Waals surface area contributed by atoms with E-state index in [0.717, 1.165) is 6.07 Å². The molecule has 3 aromatic rings. The molecule has 0 spiro atoms. The molecular formula is C18H15ClN4O4. The molecule has 1 amide bonds. The maximum Gasteiger partial charge on any atom is 0.270 e. The first-order valence-electron chi connectivity index (χ1n) is 8.12. The molecule has 9 heteroatoms. The Hall–Kier alpha value is -3.26. The molecule has 0 saturated carbocycles. The van der Waals surface area contributed by atoms with Crippen molar-refractivity contribution in [3.05, 3.63) is 79.3 Å². The SMILES string of the molecule is CCN(Cc1nc2ccccc2c(=O)[nH]1)C(=O)c1ccc([N+](=O)[O-])cc1Cl. The van der Waals surface area contributed by atoms with Gasteiger partial charge in [-0.2, -0.15) is 0 Å². The van der Waals surface area contributed by atoms with Crippen LogP contribution in [-0.4, -0.2) is 32.2 Å². The van der Waals surface area contributed by atoms with Crippen LogP contribution < -0.4 is 5.56 Å². The van der Waals surface area contributed by atoms with Gasteiger partial charge in [-0.05, 0) is 25.1 Å². The summed E-state index contributed by atoms with van der Waals surface area (Å²) in [4.78, 5) is 43.7. The van der Waals surface area contributed by atoms with Gasteiger partial charge in [-0.15, -0.1) is 0 Å². The lowest BCUT2D eigenvalue weighted by molar-refractivity contribution is -0.384. The lowest BCUT2D eigenvalue weighted by Gasteiger charge is -2.21. The normalized spacial score (nSPS) is 10.7. The average molecular weight is 387 g/mol. The molecule has 0 aliphatic carbocycles. The van der Waals surface area contributed by atoms with Crippen molar-refractivity contribution in [3.63, 3.8) is 0 Å². The Balaban J connectivity index is 1.90. The van der Waals surface area contributed by atoms with Crippen LogP contribution in [0, 0.1) is 10.1 Å². The summed E-state index contributed by atoms with van der Waals surface area (Å²) in [5, 5.41) is 11.3. The van der Waals surface area contributed by atoms with E-state index in [9.17, 15) is 19.7 Å². The number of nitrogens with one attached hydrogen (secondary N) is 1. The Bertz CT molecular complexity index is 1100. The third-order valence-electron chi connectivity index (χ3n) is 4.07. The fourth-order valence-corrected chi connectivity index (χ4v) is 2.93. The van der Waals surface area contributed by atoms with E-state index in [1.54, 1.807) is 31.2 Å². The monoisotopic (exact) mass is 386 g/mol. The second-order valence-electron chi connectivity index (χ2n) is 5.77. The van der Waals surface area contributed by atoms with Gasteiger partial charge in [0, 0.05) is 18.7 Å². The number of para-hydroxylation sites is 1. The summed E-state index contributed by atoms with van der Waals surface area (Å²) in [6, 6.07) is 10.6. The Labute approximate surface area is 158 Å². The molecule has 0 aliphatic heterocycles. The summed E-state index contributed by atoms with van der Waals surface area (Å²) >= 11 is 6.05. The number of nitrogens with zero attached hydrogens (tertiary/aromatic N) is 3. The highest BCUT2D eigenvalue weighted by Gasteiger charge is 2.20. The van der Waals surface area contributed by atoms with E-state index in [0.29, 0.717) is 23.3 Å². The standard InChI is InChI=1S/C18H15ClN4O4/c1-2-22(18(25)12-8-7-11(23(26)27)9-14(12)19)10-16-20-15-6-4-3-5-13(15)17(24)21-16/h3-9H,2,10H2,1H3,(H,20,21,24). The van der Waals surface area contributed by atoms with Crippen molar-refractivity contribution in [2.24, 2.45) is 0 Å². The van der Waals surface area contributed by atoms with E-state index >= 15 is 0 Å². The largest absolute Gasteiger partial charge is 0.331 e. The maximum absolute atomic E-state index is 12.8. The number of non-ortho nitro benzene ring substituents is 1. The number of nitro benzene ring substituents is 1. The molecule has 0 radical (unpaired) electrons. The molecule has 3 rings (SSSR count). The molecule has 138 valence electrons. The number of aromatic nitrogens is 2. The molecule has 1 aromatic heterocycles. The lowest BCUT2D eigenvalue weighted by atomic mass is 10.1. The number of hydrogen-bond acceptors (Lipinski definition) is 5. The molecule has 0 fully saturated rings. The van der Waals surface area contributed by atoms with Gasteiger partial charge in [-0.1, -0.05) is 23.7 Å². The number of rotatable bonds is 5. The van der Waals surface area contributed by atoms with Crippen LogP contribution in [0.1, 0.15) is 23.1 Å². The topological polar surface area (TPSA) is 109 Å². The Morgan fingerprint density at radius 2 is 2.04 bits per heavy atom.